The van der Waals surface area contributed by atoms with Crippen molar-refractivity contribution < 1.29 is 9.90 Å². The Balaban J connectivity index is 3.29. The van der Waals surface area contributed by atoms with Gasteiger partial charge in [0.1, 0.15) is 11.6 Å². The van der Waals surface area contributed by atoms with Crippen molar-refractivity contribution in [2.45, 2.75) is 19.4 Å². The Morgan fingerprint density at radius 1 is 1.61 bits per heavy atom. The topological polar surface area (TPSA) is 113 Å². The van der Waals surface area contributed by atoms with Crippen LogP contribution in [0.3, 0.4) is 0 Å². The maximum atomic E-state index is 10.8. The molecule has 0 fully saturated rings. The summed E-state index contributed by atoms with van der Waals surface area (Å²) in [6, 6.07) is 6.69. The number of benzene rings is 1. The number of anilines is 1. The first kappa shape index (κ1) is 13.7. The molecule has 5 N–H and O–H groups in total. The Labute approximate surface area is 105 Å². The van der Waals surface area contributed by atoms with E-state index < -0.39 is 5.97 Å². The molecule has 5 nitrogen and oxygen atoms in total. The van der Waals surface area contributed by atoms with Gasteiger partial charge in [-0.1, -0.05) is 12.1 Å². The number of nitrogens with zero attached hydrogens (tertiary/aromatic N) is 1. The minimum absolute atomic E-state index is 0.0998. The zero-order valence-electron chi connectivity index (χ0n) is 10.1. The van der Waals surface area contributed by atoms with Crippen LogP contribution in [0.15, 0.2) is 23.8 Å². The second kappa shape index (κ2) is 5.84. The van der Waals surface area contributed by atoms with Gasteiger partial charge in [0.2, 0.25) is 0 Å². The molecule has 1 unspecified atom stereocenters. The number of carboxylic acids is 1. The first-order valence-corrected chi connectivity index (χ1v) is 5.43. The van der Waals surface area contributed by atoms with E-state index in [4.69, 9.17) is 21.8 Å². The van der Waals surface area contributed by atoms with Crippen molar-refractivity contribution in [2.75, 3.05) is 5.73 Å². The molecule has 0 saturated heterocycles. The van der Waals surface area contributed by atoms with Crippen LogP contribution in [0, 0.1) is 11.3 Å². The zero-order chi connectivity index (χ0) is 13.7. The van der Waals surface area contributed by atoms with Crippen molar-refractivity contribution in [3.05, 3.63) is 34.9 Å². The molecular weight excluding hydrogens is 230 g/mol. The first-order valence-electron chi connectivity index (χ1n) is 5.43. The molecule has 0 bridgehead atoms. The quantitative estimate of drug-likeness (QED) is 0.418. The number of nitrogen functional groups attached to an aromatic ring is 1. The largest absolute Gasteiger partial charge is 0.477 e. The van der Waals surface area contributed by atoms with Gasteiger partial charge in [-0.15, -0.1) is 0 Å². The van der Waals surface area contributed by atoms with Crippen LogP contribution < -0.4 is 11.5 Å². The molecule has 0 saturated carbocycles. The van der Waals surface area contributed by atoms with E-state index in [0.717, 1.165) is 5.56 Å². The maximum absolute atomic E-state index is 10.8. The summed E-state index contributed by atoms with van der Waals surface area (Å²) in [6.45, 7) is 1.84. The minimum atomic E-state index is -1.26. The van der Waals surface area contributed by atoms with Crippen molar-refractivity contribution >= 4 is 17.7 Å². The van der Waals surface area contributed by atoms with E-state index in [1.54, 1.807) is 24.3 Å². The molecule has 5 heteroatoms. The standard InChI is InChI=1S/C13H15N3O2/c1-8(15)5-11-9(3-2-4-12(11)16)6-10(7-14)13(17)18/h2-4,6,8H,5,15-16H2,1H3,(H,17,18). The Morgan fingerprint density at radius 2 is 2.28 bits per heavy atom. The van der Waals surface area contributed by atoms with Gasteiger partial charge >= 0.3 is 5.97 Å². The molecule has 0 heterocycles. The molecule has 1 aromatic rings. The van der Waals surface area contributed by atoms with Crippen molar-refractivity contribution in [1.82, 2.24) is 0 Å². The predicted octanol–water partition coefficient (Wildman–Crippen LogP) is 1.15. The monoisotopic (exact) mass is 245 g/mol. The third-order valence-corrected chi connectivity index (χ3v) is 2.43. The number of rotatable bonds is 4. The lowest BCUT2D eigenvalue weighted by molar-refractivity contribution is -0.132. The zero-order valence-corrected chi connectivity index (χ0v) is 10.1. The van der Waals surface area contributed by atoms with Crippen LogP contribution in [-0.4, -0.2) is 17.1 Å². The van der Waals surface area contributed by atoms with Gasteiger partial charge in [0.25, 0.3) is 0 Å². The SMILES string of the molecule is CC(N)Cc1c(N)cccc1C=C(C#N)C(=O)O. The van der Waals surface area contributed by atoms with Crippen LogP contribution in [0.1, 0.15) is 18.1 Å². The molecule has 0 spiro atoms. The first-order chi connectivity index (χ1) is 8.45. The summed E-state index contributed by atoms with van der Waals surface area (Å²) in [4.78, 5) is 10.8. The van der Waals surface area contributed by atoms with Crippen LogP contribution in [0.5, 0.6) is 0 Å². The summed E-state index contributed by atoms with van der Waals surface area (Å²) in [5, 5.41) is 17.6. The van der Waals surface area contributed by atoms with Gasteiger partial charge in [-0.2, -0.15) is 5.26 Å². The molecular formula is C13H15N3O2. The summed E-state index contributed by atoms with van der Waals surface area (Å²) in [6.07, 6.45) is 1.84. The van der Waals surface area contributed by atoms with E-state index in [0.29, 0.717) is 17.7 Å². The van der Waals surface area contributed by atoms with Crippen LogP contribution >= 0.6 is 0 Å². The maximum Gasteiger partial charge on any atom is 0.346 e. The number of carbonyl (C=O) groups is 1. The lowest BCUT2D eigenvalue weighted by atomic mass is 9.98. The van der Waals surface area contributed by atoms with Crippen LogP contribution in [0.4, 0.5) is 5.69 Å². The predicted molar refractivity (Wildman–Crippen MR) is 69.4 cm³/mol. The van der Waals surface area contributed by atoms with Crippen molar-refractivity contribution in [2.24, 2.45) is 5.73 Å². The number of hydrogen-bond acceptors (Lipinski definition) is 4. The highest BCUT2D eigenvalue weighted by atomic mass is 16.4. The molecule has 1 rings (SSSR count). The highest BCUT2D eigenvalue weighted by Gasteiger charge is 2.11. The molecule has 94 valence electrons. The van der Waals surface area contributed by atoms with E-state index in [1.165, 1.54) is 6.08 Å². The average molecular weight is 245 g/mol. The average Bonchev–Trinajstić information content (AvgIpc) is 2.29. The number of aliphatic carboxylic acids is 1. The molecule has 0 radical (unpaired) electrons. The summed E-state index contributed by atoms with van der Waals surface area (Å²) >= 11 is 0. The summed E-state index contributed by atoms with van der Waals surface area (Å²) in [5.74, 6) is -1.26. The van der Waals surface area contributed by atoms with Gasteiger partial charge in [-0.3, -0.25) is 0 Å². The Kier molecular flexibility index (Phi) is 4.46. The Bertz CT molecular complexity index is 528. The van der Waals surface area contributed by atoms with Crippen LogP contribution in [-0.2, 0) is 11.2 Å². The van der Waals surface area contributed by atoms with Crippen LogP contribution in [0.25, 0.3) is 6.08 Å². The number of carboxylic acid groups (broad SMARTS) is 1. The van der Waals surface area contributed by atoms with E-state index in [2.05, 4.69) is 0 Å². The van der Waals surface area contributed by atoms with Crippen LogP contribution in [0.2, 0.25) is 0 Å². The summed E-state index contributed by atoms with van der Waals surface area (Å²) in [7, 11) is 0. The van der Waals surface area contributed by atoms with Gasteiger partial charge in [0.05, 0.1) is 0 Å². The highest BCUT2D eigenvalue weighted by molar-refractivity contribution is 5.96. The van der Waals surface area contributed by atoms with Gasteiger partial charge in [0.15, 0.2) is 0 Å². The van der Waals surface area contributed by atoms with Gasteiger partial charge < -0.3 is 16.6 Å². The molecule has 0 aromatic heterocycles. The summed E-state index contributed by atoms with van der Waals surface area (Å²) in [5.41, 5.74) is 13.2. The molecule has 18 heavy (non-hydrogen) atoms. The number of nitrogens with two attached hydrogens (primary N) is 2. The van der Waals surface area contributed by atoms with Gasteiger partial charge in [0, 0.05) is 11.7 Å². The normalized spacial score (nSPS) is 12.8. The van der Waals surface area contributed by atoms with E-state index in [1.807, 2.05) is 6.92 Å². The number of nitriles is 1. The molecule has 1 atom stereocenters. The lowest BCUT2D eigenvalue weighted by Gasteiger charge is -2.12. The van der Waals surface area contributed by atoms with E-state index >= 15 is 0 Å². The molecule has 0 aliphatic carbocycles. The van der Waals surface area contributed by atoms with Crippen molar-refractivity contribution in [3.8, 4) is 6.07 Å². The van der Waals surface area contributed by atoms with Crippen molar-refractivity contribution in [3.63, 3.8) is 0 Å². The number of hydrogen-bond donors (Lipinski definition) is 3. The smallest absolute Gasteiger partial charge is 0.346 e. The second-order valence-corrected chi connectivity index (χ2v) is 4.07. The minimum Gasteiger partial charge on any atom is -0.477 e. The van der Waals surface area contributed by atoms with Gasteiger partial charge in [-0.05, 0) is 36.6 Å². The van der Waals surface area contributed by atoms with E-state index in [9.17, 15) is 4.79 Å². The van der Waals surface area contributed by atoms with Crippen molar-refractivity contribution in [1.29, 1.82) is 5.26 Å². The fraction of sp³-hybridized carbons (Fsp3) is 0.231. The fourth-order valence-electron chi connectivity index (χ4n) is 1.61. The third-order valence-electron chi connectivity index (χ3n) is 2.43. The Morgan fingerprint density at radius 3 is 2.78 bits per heavy atom. The molecule has 0 aliphatic heterocycles. The van der Waals surface area contributed by atoms with Gasteiger partial charge in [-0.25, -0.2) is 4.79 Å². The molecule has 0 aliphatic rings. The Hall–Kier alpha value is -2.32. The fourth-order valence-corrected chi connectivity index (χ4v) is 1.61. The third kappa shape index (κ3) is 3.34. The van der Waals surface area contributed by atoms with E-state index in [-0.39, 0.29) is 11.6 Å². The highest BCUT2D eigenvalue weighted by Crippen LogP contribution is 2.21. The second-order valence-electron chi connectivity index (χ2n) is 4.07. The lowest BCUT2D eigenvalue weighted by Crippen LogP contribution is -2.19. The molecule has 1 aromatic carbocycles. The molecule has 0 amide bonds. The summed E-state index contributed by atoms with van der Waals surface area (Å²) < 4.78 is 0.